The van der Waals surface area contributed by atoms with Gasteiger partial charge in [-0.2, -0.15) is 5.43 Å². The van der Waals surface area contributed by atoms with E-state index in [1.54, 1.807) is 12.1 Å². The molecule has 3 rings (SSSR count). The highest BCUT2D eigenvalue weighted by molar-refractivity contribution is 6.44. The van der Waals surface area contributed by atoms with Crippen LogP contribution in [0.2, 0.25) is 10.0 Å². The van der Waals surface area contributed by atoms with Gasteiger partial charge in [0.2, 0.25) is 0 Å². The van der Waals surface area contributed by atoms with Crippen molar-refractivity contribution < 1.29 is 14.7 Å². The number of rotatable bonds is 2. The molecule has 2 aromatic rings. The summed E-state index contributed by atoms with van der Waals surface area (Å²) in [7, 11) is 0. The van der Waals surface area contributed by atoms with Crippen LogP contribution in [0.1, 0.15) is 27.6 Å². The molecule has 7 heteroatoms. The summed E-state index contributed by atoms with van der Waals surface area (Å²) in [5.74, 6) is -1.12. The van der Waals surface area contributed by atoms with E-state index >= 15 is 0 Å². The van der Waals surface area contributed by atoms with Crippen LogP contribution in [-0.4, -0.2) is 28.2 Å². The number of hydrogen-bond donors (Lipinski definition) is 2. The maximum absolute atomic E-state index is 12.4. The molecule has 21 heavy (non-hydrogen) atoms. The van der Waals surface area contributed by atoms with E-state index < -0.39 is 18.0 Å². The van der Waals surface area contributed by atoms with E-state index in [-0.39, 0.29) is 0 Å². The second kappa shape index (κ2) is 4.96. The van der Waals surface area contributed by atoms with Crippen LogP contribution in [0.25, 0.3) is 10.8 Å². The number of hydrogen-bond acceptors (Lipinski definition) is 4. The molecule has 0 aliphatic carbocycles. The van der Waals surface area contributed by atoms with Gasteiger partial charge in [0, 0.05) is 20.8 Å². The normalized spacial score (nSPS) is 15.7. The van der Waals surface area contributed by atoms with Crippen molar-refractivity contribution in [3.8, 4) is 0 Å². The van der Waals surface area contributed by atoms with Crippen LogP contribution >= 0.6 is 23.2 Å². The van der Waals surface area contributed by atoms with Crippen LogP contribution in [0, 0.1) is 0 Å². The molecule has 5 nitrogen and oxygen atoms in total. The van der Waals surface area contributed by atoms with Crippen LogP contribution in [-0.2, 0) is 0 Å². The van der Waals surface area contributed by atoms with Crippen molar-refractivity contribution in [1.29, 1.82) is 0 Å². The van der Waals surface area contributed by atoms with Crippen molar-refractivity contribution >= 4 is 45.8 Å². The Morgan fingerprint density at radius 2 is 1.48 bits per heavy atom. The lowest BCUT2D eigenvalue weighted by molar-refractivity contribution is 0.0281. The molecule has 1 atom stereocenters. The first-order valence-corrected chi connectivity index (χ1v) is 6.91. The number of halogens is 2. The molecule has 1 aliphatic heterocycles. The Bertz CT molecular complexity index is 733. The molecular formula is C14H10Cl2N2O3. The minimum Gasteiger partial charge on any atom is -0.377 e. The van der Waals surface area contributed by atoms with Crippen LogP contribution in [0.4, 0.5) is 0 Å². The smallest absolute Gasteiger partial charge is 0.276 e. The minimum atomic E-state index is -1.05. The summed E-state index contributed by atoms with van der Waals surface area (Å²) in [6.07, 6.45) is -1.05. The van der Waals surface area contributed by atoms with Crippen LogP contribution in [0.5, 0.6) is 0 Å². The topological polar surface area (TPSA) is 69.6 Å². The molecule has 108 valence electrons. The summed E-state index contributed by atoms with van der Waals surface area (Å²) in [4.78, 5) is 24.8. The van der Waals surface area contributed by atoms with Crippen molar-refractivity contribution in [2.45, 2.75) is 13.2 Å². The Balaban J connectivity index is 2.33. The highest BCUT2D eigenvalue weighted by Gasteiger charge is 2.34. The summed E-state index contributed by atoms with van der Waals surface area (Å²) in [6.45, 7) is 1.41. The summed E-state index contributed by atoms with van der Waals surface area (Å²) in [5, 5.41) is 11.8. The van der Waals surface area contributed by atoms with E-state index in [1.807, 2.05) is 0 Å². The van der Waals surface area contributed by atoms with E-state index in [9.17, 15) is 14.7 Å². The number of nitrogens with zero attached hydrogens (tertiary/aromatic N) is 1. The average molecular weight is 325 g/mol. The zero-order valence-electron chi connectivity index (χ0n) is 10.9. The number of carbonyl (C=O) groups is 2. The van der Waals surface area contributed by atoms with Gasteiger partial charge in [-0.1, -0.05) is 23.2 Å². The summed E-state index contributed by atoms with van der Waals surface area (Å²) < 4.78 is 0. The van der Waals surface area contributed by atoms with Crippen molar-refractivity contribution in [1.82, 2.24) is 10.4 Å². The number of nitrogens with one attached hydrogen (secondary N) is 1. The SMILES string of the molecule is CC(O)NN1C(=O)c2ccc(Cl)c3c(Cl)ccc(c23)C1=O. The standard InChI is InChI=1S/C14H10Cl2N2O3/c1-6(19)17-18-13(20)7-2-4-9(15)12-10(16)5-3-8(11(7)12)14(18)21/h2-6,17,19H,1H3. The second-order valence-corrected chi connectivity index (χ2v) is 5.51. The van der Waals surface area contributed by atoms with Gasteiger partial charge in [-0.25, -0.2) is 5.01 Å². The van der Waals surface area contributed by atoms with Gasteiger partial charge >= 0.3 is 0 Å². The molecule has 0 radical (unpaired) electrons. The number of aliphatic hydroxyl groups is 1. The number of benzene rings is 2. The largest absolute Gasteiger partial charge is 0.377 e. The Morgan fingerprint density at radius 1 is 1.00 bits per heavy atom. The predicted molar refractivity (Wildman–Crippen MR) is 79.3 cm³/mol. The summed E-state index contributed by atoms with van der Waals surface area (Å²) in [6, 6.07) is 6.19. The van der Waals surface area contributed by atoms with Gasteiger partial charge in [0.05, 0.1) is 11.1 Å². The molecule has 2 aromatic carbocycles. The molecule has 0 saturated carbocycles. The first kappa shape index (κ1) is 14.3. The fourth-order valence-corrected chi connectivity index (χ4v) is 2.97. The first-order valence-electron chi connectivity index (χ1n) is 6.15. The van der Waals surface area contributed by atoms with Crippen LogP contribution in [0.3, 0.4) is 0 Å². The Morgan fingerprint density at radius 3 is 1.90 bits per heavy atom. The minimum absolute atomic E-state index is 0.305. The fraction of sp³-hybridized carbons (Fsp3) is 0.143. The third-order valence-corrected chi connectivity index (χ3v) is 3.87. The molecule has 0 fully saturated rings. The fourth-order valence-electron chi connectivity index (χ4n) is 2.41. The average Bonchev–Trinajstić information content (AvgIpc) is 2.42. The maximum atomic E-state index is 12.4. The van der Waals surface area contributed by atoms with Crippen molar-refractivity contribution in [2.24, 2.45) is 0 Å². The molecule has 1 unspecified atom stereocenters. The van der Waals surface area contributed by atoms with Crippen molar-refractivity contribution in [2.75, 3.05) is 0 Å². The second-order valence-electron chi connectivity index (χ2n) is 4.69. The number of amides is 2. The molecule has 0 bridgehead atoms. The van der Waals surface area contributed by atoms with Crippen LogP contribution in [0.15, 0.2) is 24.3 Å². The predicted octanol–water partition coefficient (Wildman–Crippen LogP) is 2.59. The molecule has 1 aliphatic rings. The number of aliphatic hydroxyl groups excluding tert-OH is 1. The molecule has 0 spiro atoms. The van der Waals surface area contributed by atoms with Gasteiger partial charge in [0.1, 0.15) is 6.23 Å². The van der Waals surface area contributed by atoms with Gasteiger partial charge in [-0.3, -0.25) is 9.59 Å². The molecule has 2 N–H and O–H groups in total. The van der Waals surface area contributed by atoms with E-state index in [4.69, 9.17) is 23.2 Å². The lowest BCUT2D eigenvalue weighted by atomic mass is 9.95. The molecule has 1 heterocycles. The zero-order valence-corrected chi connectivity index (χ0v) is 12.4. The van der Waals surface area contributed by atoms with Crippen molar-refractivity contribution in [3.63, 3.8) is 0 Å². The third kappa shape index (κ3) is 2.10. The Labute approximate surface area is 130 Å². The van der Waals surface area contributed by atoms with E-state index in [0.717, 1.165) is 5.01 Å². The van der Waals surface area contributed by atoms with Gasteiger partial charge in [0.15, 0.2) is 0 Å². The number of hydrazine groups is 1. The molecule has 0 saturated heterocycles. The lowest BCUT2D eigenvalue weighted by Crippen LogP contribution is -2.52. The summed E-state index contributed by atoms with van der Waals surface area (Å²) in [5.41, 5.74) is 3.03. The summed E-state index contributed by atoms with van der Waals surface area (Å²) >= 11 is 12.3. The first-order chi connectivity index (χ1) is 9.91. The van der Waals surface area contributed by atoms with Gasteiger partial charge in [-0.05, 0) is 31.2 Å². The molecular weight excluding hydrogens is 315 g/mol. The van der Waals surface area contributed by atoms with Crippen molar-refractivity contribution in [3.05, 3.63) is 45.4 Å². The van der Waals surface area contributed by atoms with Gasteiger partial charge in [0.25, 0.3) is 11.8 Å². The molecule has 2 amide bonds. The Kier molecular flexibility index (Phi) is 3.37. The maximum Gasteiger partial charge on any atom is 0.276 e. The van der Waals surface area contributed by atoms with Crippen LogP contribution < -0.4 is 5.43 Å². The highest BCUT2D eigenvalue weighted by Crippen LogP contribution is 2.37. The van der Waals surface area contributed by atoms with E-state index in [1.165, 1.54) is 19.1 Å². The number of carbonyl (C=O) groups excluding carboxylic acids is 2. The van der Waals surface area contributed by atoms with Gasteiger partial charge in [-0.15, -0.1) is 0 Å². The Hall–Kier alpha value is -1.66. The van der Waals surface area contributed by atoms with E-state index in [2.05, 4.69) is 5.43 Å². The molecule has 0 aromatic heterocycles. The van der Waals surface area contributed by atoms with Gasteiger partial charge < -0.3 is 5.11 Å². The lowest BCUT2D eigenvalue weighted by Gasteiger charge is -2.28. The number of imide groups is 1. The monoisotopic (exact) mass is 324 g/mol. The zero-order chi connectivity index (χ0) is 15.3. The third-order valence-electron chi connectivity index (χ3n) is 3.24. The quantitative estimate of drug-likeness (QED) is 0.658. The highest BCUT2D eigenvalue weighted by atomic mass is 35.5. The van der Waals surface area contributed by atoms with E-state index in [0.29, 0.717) is 31.9 Å².